The van der Waals surface area contributed by atoms with Crippen LogP contribution in [-0.2, 0) is 11.3 Å². The lowest BCUT2D eigenvalue weighted by Gasteiger charge is -2.19. The summed E-state index contributed by atoms with van der Waals surface area (Å²) in [6.07, 6.45) is 6.74. The summed E-state index contributed by atoms with van der Waals surface area (Å²) in [7, 11) is 1.49. The molecule has 0 aliphatic heterocycles. The first-order valence-electron chi connectivity index (χ1n) is 12.7. The smallest absolute Gasteiger partial charge is 0.203 e. The number of benzene rings is 1. The van der Waals surface area contributed by atoms with Gasteiger partial charge in [0, 0.05) is 18.1 Å². The standard InChI is InChI=1S/C27H32N6O3/c1-36-32-26-20-10-11-33(27(20)30-15-29-26)22-13-19(24(34)25(22)35)7-5-16-4-6-18-8-9-23(31-21(18)12-16)28-14-17-2-3-17/h4,6,8-12,15,17,19,22,24-25,34-35H,2-3,5,7,13-14H2,1H3,(H,28,31)(H,29,30,32)/t19-,22+,24+,25-/m0/s1. The second kappa shape index (κ2) is 9.55. The summed E-state index contributed by atoms with van der Waals surface area (Å²) < 4.78 is 1.98. The highest BCUT2D eigenvalue weighted by Gasteiger charge is 2.42. The molecule has 2 aliphatic rings. The zero-order valence-corrected chi connectivity index (χ0v) is 20.3. The maximum Gasteiger partial charge on any atom is 0.203 e. The van der Waals surface area contributed by atoms with Crippen LogP contribution in [-0.4, -0.2) is 55.6 Å². The molecule has 4 N–H and O–H groups in total. The molecular weight excluding hydrogens is 456 g/mol. The van der Waals surface area contributed by atoms with E-state index >= 15 is 0 Å². The molecule has 0 radical (unpaired) electrons. The molecule has 2 fully saturated rings. The average molecular weight is 489 g/mol. The van der Waals surface area contributed by atoms with Crippen molar-refractivity contribution in [3.63, 3.8) is 0 Å². The van der Waals surface area contributed by atoms with Gasteiger partial charge in [-0.15, -0.1) is 0 Å². The Morgan fingerprint density at radius 1 is 1.17 bits per heavy atom. The Balaban J connectivity index is 1.16. The Morgan fingerprint density at radius 3 is 2.86 bits per heavy atom. The number of fused-ring (bicyclic) bond motifs is 2. The average Bonchev–Trinajstić information content (AvgIpc) is 3.57. The van der Waals surface area contributed by atoms with Crippen molar-refractivity contribution in [1.29, 1.82) is 0 Å². The minimum Gasteiger partial charge on any atom is -0.397 e. The summed E-state index contributed by atoms with van der Waals surface area (Å²) in [4.78, 5) is 17.1. The molecule has 188 valence electrons. The number of H-pyrrole nitrogens is 1. The molecule has 4 atom stereocenters. The molecule has 0 bridgehead atoms. The van der Waals surface area contributed by atoms with Gasteiger partial charge in [0.25, 0.3) is 0 Å². The van der Waals surface area contributed by atoms with Crippen LogP contribution in [0.2, 0.25) is 0 Å². The molecule has 1 aromatic carbocycles. The van der Waals surface area contributed by atoms with Crippen molar-refractivity contribution in [2.45, 2.75) is 50.4 Å². The number of aliphatic hydroxyl groups is 2. The normalized spacial score (nSPS) is 24.6. The molecule has 36 heavy (non-hydrogen) atoms. The van der Waals surface area contributed by atoms with Gasteiger partial charge in [-0.25, -0.2) is 9.97 Å². The number of aliphatic hydroxyl groups excluding tert-OH is 2. The Bertz CT molecular complexity index is 1440. The fourth-order valence-electron chi connectivity index (χ4n) is 5.44. The third-order valence-electron chi connectivity index (χ3n) is 7.68. The Kier molecular flexibility index (Phi) is 6.10. The van der Waals surface area contributed by atoms with Crippen molar-refractivity contribution < 1.29 is 15.1 Å². The minimum atomic E-state index is -0.853. The van der Waals surface area contributed by atoms with Crippen LogP contribution in [0.15, 0.2) is 54.1 Å². The van der Waals surface area contributed by atoms with Gasteiger partial charge in [-0.3, -0.25) is 0 Å². The number of nitrogens with one attached hydrogen (secondary N) is 2. The summed E-state index contributed by atoms with van der Waals surface area (Å²) in [6, 6.07) is 12.2. The Labute approximate surface area is 208 Å². The molecule has 0 amide bonds. The highest BCUT2D eigenvalue weighted by atomic mass is 16.6. The monoisotopic (exact) mass is 488 g/mol. The Morgan fingerprint density at radius 2 is 2.03 bits per heavy atom. The zero-order chi connectivity index (χ0) is 24.6. The molecule has 9 heteroatoms. The van der Waals surface area contributed by atoms with E-state index < -0.39 is 12.2 Å². The van der Waals surface area contributed by atoms with E-state index in [1.54, 1.807) is 6.33 Å². The number of anilines is 1. The first-order chi connectivity index (χ1) is 17.6. The van der Waals surface area contributed by atoms with Gasteiger partial charge in [0.1, 0.15) is 24.7 Å². The second-order valence-corrected chi connectivity index (χ2v) is 10.1. The maximum absolute atomic E-state index is 10.9. The largest absolute Gasteiger partial charge is 0.397 e. The maximum atomic E-state index is 10.9. The minimum absolute atomic E-state index is 0.0115. The van der Waals surface area contributed by atoms with Crippen molar-refractivity contribution in [3.05, 3.63) is 60.0 Å². The van der Waals surface area contributed by atoms with E-state index in [0.717, 1.165) is 53.1 Å². The highest BCUT2D eigenvalue weighted by molar-refractivity contribution is 5.81. The van der Waals surface area contributed by atoms with Gasteiger partial charge in [-0.05, 0) is 73.8 Å². The van der Waals surface area contributed by atoms with Crippen LogP contribution in [0.25, 0.3) is 21.9 Å². The molecule has 0 unspecified atom stereocenters. The lowest BCUT2D eigenvalue weighted by molar-refractivity contribution is 0.00545. The van der Waals surface area contributed by atoms with E-state index in [1.165, 1.54) is 25.5 Å². The molecule has 0 spiro atoms. The van der Waals surface area contributed by atoms with E-state index in [2.05, 4.69) is 44.7 Å². The first-order valence-corrected chi connectivity index (χ1v) is 12.7. The van der Waals surface area contributed by atoms with Gasteiger partial charge in [0.15, 0.2) is 0 Å². The van der Waals surface area contributed by atoms with Crippen LogP contribution < -0.4 is 10.8 Å². The van der Waals surface area contributed by atoms with Crippen molar-refractivity contribution in [2.24, 2.45) is 17.0 Å². The molecular formula is C27H32N6O3. The van der Waals surface area contributed by atoms with Gasteiger partial charge < -0.3 is 29.9 Å². The van der Waals surface area contributed by atoms with E-state index in [9.17, 15) is 10.2 Å². The third kappa shape index (κ3) is 4.44. The van der Waals surface area contributed by atoms with E-state index in [-0.39, 0.29) is 12.0 Å². The van der Waals surface area contributed by atoms with Gasteiger partial charge in [0.2, 0.25) is 5.49 Å². The van der Waals surface area contributed by atoms with Gasteiger partial charge in [0.05, 0.1) is 29.4 Å². The number of aryl methyl sites for hydroxylation is 1. The number of hydrogen-bond donors (Lipinski definition) is 4. The number of rotatable bonds is 8. The summed E-state index contributed by atoms with van der Waals surface area (Å²) in [5, 5.41) is 31.2. The van der Waals surface area contributed by atoms with E-state index in [4.69, 9.17) is 9.82 Å². The molecule has 3 aromatic heterocycles. The fraction of sp³-hybridized carbons (Fsp3) is 0.444. The summed E-state index contributed by atoms with van der Waals surface area (Å²) >= 11 is 0. The van der Waals surface area contributed by atoms with Crippen molar-refractivity contribution in [1.82, 2.24) is 19.5 Å². The summed E-state index contributed by atoms with van der Waals surface area (Å²) in [5.74, 6) is 1.71. The second-order valence-electron chi connectivity index (χ2n) is 10.1. The quantitative estimate of drug-likeness (QED) is 0.283. The molecule has 0 saturated heterocycles. The van der Waals surface area contributed by atoms with Crippen molar-refractivity contribution in [3.8, 4) is 0 Å². The first kappa shape index (κ1) is 23.0. The van der Waals surface area contributed by atoms with Crippen LogP contribution in [0, 0.1) is 11.8 Å². The molecule has 9 nitrogen and oxygen atoms in total. The molecule has 3 heterocycles. The van der Waals surface area contributed by atoms with Gasteiger partial charge in [-0.2, -0.15) is 0 Å². The highest BCUT2D eigenvalue weighted by Crippen LogP contribution is 2.39. The van der Waals surface area contributed by atoms with Crippen LogP contribution in [0.3, 0.4) is 0 Å². The SMILES string of the molecule is CO/N=c1\nc[nH]c2c1ccn2[C@@H]1C[C@H](CCc2ccc3ccc(NCC4CC4)nc3c2)[C@@H](O)[C@H]1O. The molecule has 2 saturated carbocycles. The number of aromatic amines is 1. The number of hydrogen-bond acceptors (Lipinski definition) is 7. The summed E-state index contributed by atoms with van der Waals surface area (Å²) in [6.45, 7) is 0.995. The van der Waals surface area contributed by atoms with E-state index in [0.29, 0.717) is 11.9 Å². The lowest BCUT2D eigenvalue weighted by atomic mass is 9.95. The Hall–Kier alpha value is -3.43. The predicted octanol–water partition coefficient (Wildman–Crippen LogP) is 3.11. The number of aromatic nitrogens is 4. The molecule has 6 rings (SSSR count). The van der Waals surface area contributed by atoms with Crippen LogP contribution >= 0.6 is 0 Å². The topological polar surface area (TPSA) is 121 Å². The number of pyridine rings is 1. The predicted molar refractivity (Wildman–Crippen MR) is 137 cm³/mol. The van der Waals surface area contributed by atoms with Crippen LogP contribution in [0.1, 0.15) is 37.3 Å². The van der Waals surface area contributed by atoms with E-state index in [1.807, 2.05) is 22.9 Å². The van der Waals surface area contributed by atoms with Crippen LogP contribution in [0.5, 0.6) is 0 Å². The van der Waals surface area contributed by atoms with Crippen molar-refractivity contribution in [2.75, 3.05) is 19.0 Å². The third-order valence-corrected chi connectivity index (χ3v) is 7.68. The zero-order valence-electron chi connectivity index (χ0n) is 20.3. The van der Waals surface area contributed by atoms with Gasteiger partial charge in [-0.1, -0.05) is 17.3 Å². The van der Waals surface area contributed by atoms with Crippen LogP contribution in [0.4, 0.5) is 5.82 Å². The van der Waals surface area contributed by atoms with Crippen molar-refractivity contribution >= 4 is 27.8 Å². The molecule has 2 aliphatic carbocycles. The summed E-state index contributed by atoms with van der Waals surface area (Å²) in [5.41, 5.74) is 3.45. The number of nitrogens with zero attached hydrogens (tertiary/aromatic N) is 4. The fourth-order valence-corrected chi connectivity index (χ4v) is 5.44. The molecule has 4 aromatic rings. The lowest BCUT2D eigenvalue weighted by Crippen LogP contribution is -2.29. The van der Waals surface area contributed by atoms with Gasteiger partial charge >= 0.3 is 0 Å².